The summed E-state index contributed by atoms with van der Waals surface area (Å²) in [7, 11) is 0. The SMILES string of the molecule is CCC(C)(C)[C@@H](NC1=C(Nc2c(F)ccc(C(C)C)c2C(C)=O)CC1=O)c1ccc(C)o1. The molecule has 6 heteroatoms. The van der Waals surface area contributed by atoms with E-state index in [4.69, 9.17) is 4.42 Å². The Morgan fingerprint density at radius 2 is 1.91 bits per heavy atom. The number of nitrogens with one attached hydrogen (secondary N) is 2. The zero-order valence-electron chi connectivity index (χ0n) is 20.0. The summed E-state index contributed by atoms with van der Waals surface area (Å²) in [6, 6.07) is 6.60. The molecule has 0 saturated heterocycles. The van der Waals surface area contributed by atoms with Crippen LogP contribution in [0.15, 0.2) is 40.1 Å². The Labute approximate surface area is 189 Å². The summed E-state index contributed by atoms with van der Waals surface area (Å²) in [5, 5.41) is 6.44. The van der Waals surface area contributed by atoms with Gasteiger partial charge < -0.3 is 15.1 Å². The molecule has 2 N–H and O–H groups in total. The Hall–Kier alpha value is -2.89. The fourth-order valence-electron chi connectivity index (χ4n) is 4.01. The highest BCUT2D eigenvalue weighted by Crippen LogP contribution is 2.40. The standard InChI is InChI=1S/C26H33FN2O3/c1-8-26(6,7)25(21-12-9-15(4)32-21)29-24-19(13-20(24)31)28-23-18(27)11-10-17(14(2)3)22(23)16(5)30/h9-12,14,25,28-29H,8,13H2,1-7H3/t25-/m0/s1. The van der Waals surface area contributed by atoms with E-state index in [-0.39, 0.29) is 41.0 Å². The predicted octanol–water partition coefficient (Wildman–Crippen LogP) is 6.42. The van der Waals surface area contributed by atoms with Gasteiger partial charge in [-0.1, -0.05) is 40.7 Å². The fourth-order valence-corrected chi connectivity index (χ4v) is 4.01. The summed E-state index contributed by atoms with van der Waals surface area (Å²) >= 11 is 0. The Kier molecular flexibility index (Phi) is 6.63. The van der Waals surface area contributed by atoms with Crippen molar-refractivity contribution in [3.63, 3.8) is 0 Å². The fraction of sp³-hybridized carbons (Fsp3) is 0.462. The zero-order chi connectivity index (χ0) is 23.8. The summed E-state index contributed by atoms with van der Waals surface area (Å²) < 4.78 is 20.7. The molecule has 2 aromatic rings. The first-order chi connectivity index (χ1) is 15.0. The van der Waals surface area contributed by atoms with Crippen molar-refractivity contribution in [3.05, 3.63) is 64.1 Å². The van der Waals surface area contributed by atoms with Crippen LogP contribution < -0.4 is 10.6 Å². The molecule has 172 valence electrons. The molecule has 1 aromatic heterocycles. The number of carbonyl (C=O) groups excluding carboxylic acids is 2. The van der Waals surface area contributed by atoms with Crippen LogP contribution in [0.4, 0.5) is 10.1 Å². The van der Waals surface area contributed by atoms with E-state index in [0.29, 0.717) is 17.0 Å². The van der Waals surface area contributed by atoms with Gasteiger partial charge in [-0.05, 0) is 55.4 Å². The van der Waals surface area contributed by atoms with Crippen molar-refractivity contribution in [2.75, 3.05) is 5.32 Å². The van der Waals surface area contributed by atoms with Crippen molar-refractivity contribution in [1.29, 1.82) is 0 Å². The summed E-state index contributed by atoms with van der Waals surface area (Å²) in [6.07, 6.45) is 1.01. The maximum atomic E-state index is 14.8. The molecular formula is C26H33FN2O3. The lowest BCUT2D eigenvalue weighted by atomic mass is 9.79. The smallest absolute Gasteiger partial charge is 0.186 e. The van der Waals surface area contributed by atoms with Gasteiger partial charge in [-0.3, -0.25) is 9.59 Å². The molecule has 32 heavy (non-hydrogen) atoms. The van der Waals surface area contributed by atoms with Crippen molar-refractivity contribution in [1.82, 2.24) is 5.32 Å². The minimum atomic E-state index is -0.516. The van der Waals surface area contributed by atoms with Gasteiger partial charge in [-0.25, -0.2) is 4.39 Å². The van der Waals surface area contributed by atoms with Gasteiger partial charge in [-0.15, -0.1) is 0 Å². The molecular weight excluding hydrogens is 407 g/mol. The van der Waals surface area contributed by atoms with E-state index in [1.807, 2.05) is 32.9 Å². The Balaban J connectivity index is 2.02. The second-order valence-electron chi connectivity index (χ2n) is 9.54. The number of anilines is 1. The van der Waals surface area contributed by atoms with Gasteiger partial charge >= 0.3 is 0 Å². The number of hydrogen-bond donors (Lipinski definition) is 2. The number of rotatable bonds is 9. The second-order valence-corrected chi connectivity index (χ2v) is 9.54. The minimum Gasteiger partial charge on any atom is -0.464 e. The van der Waals surface area contributed by atoms with Crippen LogP contribution in [0.3, 0.4) is 0 Å². The third-order valence-electron chi connectivity index (χ3n) is 6.38. The van der Waals surface area contributed by atoms with Gasteiger partial charge in [-0.2, -0.15) is 0 Å². The van der Waals surface area contributed by atoms with E-state index < -0.39 is 5.82 Å². The van der Waals surface area contributed by atoms with Crippen molar-refractivity contribution in [2.24, 2.45) is 5.41 Å². The van der Waals surface area contributed by atoms with Gasteiger partial charge in [0.15, 0.2) is 11.6 Å². The lowest BCUT2D eigenvalue weighted by Crippen LogP contribution is -2.40. The highest BCUT2D eigenvalue weighted by molar-refractivity contribution is 6.06. The molecule has 5 nitrogen and oxygen atoms in total. The average molecular weight is 441 g/mol. The number of benzene rings is 1. The van der Waals surface area contributed by atoms with E-state index in [1.54, 1.807) is 6.07 Å². The van der Waals surface area contributed by atoms with Crippen LogP contribution in [0.2, 0.25) is 0 Å². The van der Waals surface area contributed by atoms with Crippen LogP contribution in [-0.4, -0.2) is 11.6 Å². The number of hydrogen-bond acceptors (Lipinski definition) is 5. The summed E-state index contributed by atoms with van der Waals surface area (Å²) in [4.78, 5) is 24.9. The molecule has 1 aromatic carbocycles. The van der Waals surface area contributed by atoms with E-state index in [0.717, 1.165) is 23.5 Å². The highest BCUT2D eigenvalue weighted by atomic mass is 19.1. The molecule has 0 spiro atoms. The molecule has 1 aliphatic rings. The summed E-state index contributed by atoms with van der Waals surface area (Å²) in [5.41, 5.74) is 2.03. The minimum absolute atomic E-state index is 0.0570. The number of ketones is 2. The molecule has 0 aliphatic heterocycles. The van der Waals surface area contributed by atoms with Crippen LogP contribution in [-0.2, 0) is 4.79 Å². The van der Waals surface area contributed by atoms with E-state index in [1.165, 1.54) is 13.0 Å². The van der Waals surface area contributed by atoms with Gasteiger partial charge in [0.05, 0.1) is 29.5 Å². The molecule has 0 amide bonds. The Morgan fingerprint density at radius 3 is 2.41 bits per heavy atom. The lowest BCUT2D eigenvalue weighted by molar-refractivity contribution is -0.117. The maximum absolute atomic E-state index is 14.8. The van der Waals surface area contributed by atoms with Crippen molar-refractivity contribution in [2.45, 2.75) is 73.3 Å². The number of carbonyl (C=O) groups is 2. The molecule has 0 radical (unpaired) electrons. The highest BCUT2D eigenvalue weighted by Gasteiger charge is 2.37. The molecule has 1 aliphatic carbocycles. The number of halogens is 1. The van der Waals surface area contributed by atoms with E-state index in [9.17, 15) is 14.0 Å². The van der Waals surface area contributed by atoms with Gasteiger partial charge in [0.2, 0.25) is 0 Å². The number of Topliss-reactive ketones (excluding diaryl/α,β-unsaturated/α-hetero) is 2. The number of furan rings is 1. The van der Waals surface area contributed by atoms with Crippen LogP contribution in [0.5, 0.6) is 0 Å². The topological polar surface area (TPSA) is 71.3 Å². The van der Waals surface area contributed by atoms with E-state index in [2.05, 4.69) is 31.4 Å². The zero-order valence-corrected chi connectivity index (χ0v) is 20.0. The molecule has 0 bridgehead atoms. The first-order valence-corrected chi connectivity index (χ1v) is 11.2. The number of aryl methyl sites for hydroxylation is 1. The molecule has 1 atom stereocenters. The summed E-state index contributed by atoms with van der Waals surface area (Å²) in [5.74, 6) is 0.812. The van der Waals surface area contributed by atoms with Crippen molar-refractivity contribution in [3.8, 4) is 0 Å². The van der Waals surface area contributed by atoms with Crippen molar-refractivity contribution >= 4 is 17.3 Å². The van der Waals surface area contributed by atoms with Crippen molar-refractivity contribution < 1.29 is 18.4 Å². The quantitative estimate of drug-likeness (QED) is 0.441. The Morgan fingerprint density at radius 1 is 1.22 bits per heavy atom. The van der Waals surface area contributed by atoms with Crippen LogP contribution >= 0.6 is 0 Å². The predicted molar refractivity (Wildman–Crippen MR) is 124 cm³/mol. The average Bonchev–Trinajstić information content (AvgIpc) is 3.13. The lowest BCUT2D eigenvalue weighted by Gasteiger charge is -2.36. The molecule has 1 heterocycles. The number of allylic oxidation sites excluding steroid dienone is 2. The maximum Gasteiger partial charge on any atom is 0.186 e. The monoisotopic (exact) mass is 440 g/mol. The van der Waals surface area contributed by atoms with Gasteiger partial charge in [0.25, 0.3) is 0 Å². The van der Waals surface area contributed by atoms with Crippen LogP contribution in [0, 0.1) is 18.2 Å². The molecule has 0 unspecified atom stereocenters. The van der Waals surface area contributed by atoms with E-state index >= 15 is 0 Å². The molecule has 0 fully saturated rings. The third kappa shape index (κ3) is 4.50. The van der Waals surface area contributed by atoms with Gasteiger partial charge in [0.1, 0.15) is 17.3 Å². The first-order valence-electron chi connectivity index (χ1n) is 11.2. The largest absolute Gasteiger partial charge is 0.464 e. The third-order valence-corrected chi connectivity index (χ3v) is 6.38. The first kappa shape index (κ1) is 23.8. The van der Waals surface area contributed by atoms with Gasteiger partial charge in [0, 0.05) is 5.56 Å². The summed E-state index contributed by atoms with van der Waals surface area (Å²) in [6.45, 7) is 13.6. The molecule has 3 rings (SSSR count). The molecule has 0 saturated carbocycles. The van der Waals surface area contributed by atoms with Crippen LogP contribution in [0.25, 0.3) is 0 Å². The normalized spacial score (nSPS) is 15.1. The second kappa shape index (κ2) is 8.93. The Bertz CT molecular complexity index is 1080. The van der Waals surface area contributed by atoms with Crippen LogP contribution in [0.1, 0.15) is 93.8 Å².